The van der Waals surface area contributed by atoms with Crippen molar-refractivity contribution in [1.82, 2.24) is 4.90 Å². The maximum atomic E-state index is 11.6. The smallest absolute Gasteiger partial charge is 0.262 e. The molecule has 0 unspecified atom stereocenters. The molecule has 2 rings (SSSR count). The van der Waals surface area contributed by atoms with Crippen LogP contribution in [-0.4, -0.2) is 37.0 Å². The summed E-state index contributed by atoms with van der Waals surface area (Å²) in [4.78, 5) is 13.8. The molecule has 4 nitrogen and oxygen atoms in total. The number of ketones is 1. The van der Waals surface area contributed by atoms with Gasteiger partial charge in [0.05, 0.1) is 13.2 Å². The summed E-state index contributed by atoms with van der Waals surface area (Å²) in [6.45, 7) is 5.89. The Balaban J connectivity index is 2.22. The Kier molecular flexibility index (Phi) is 4.08. The first-order valence-electron chi connectivity index (χ1n) is 6.05. The summed E-state index contributed by atoms with van der Waals surface area (Å²) in [5.74, 6) is -0.460. The van der Waals surface area contributed by atoms with Gasteiger partial charge in [0, 0.05) is 25.2 Å². The second-order valence-corrected chi connectivity index (χ2v) is 4.49. The Morgan fingerprint density at radius 3 is 2.83 bits per heavy atom. The van der Waals surface area contributed by atoms with Gasteiger partial charge in [-0.3, -0.25) is 9.69 Å². The number of carbonyl (C=O) groups is 1. The fourth-order valence-electron chi connectivity index (χ4n) is 2.14. The number of hydrogen-bond acceptors (Lipinski definition) is 4. The number of Topliss-reactive ketones (excluding diaryl/α,β-unsaturated/α-hetero) is 1. The Hall–Kier alpha value is -1.70. The van der Waals surface area contributed by atoms with Crippen molar-refractivity contribution in [2.24, 2.45) is 0 Å². The second-order valence-electron chi connectivity index (χ2n) is 4.49. The van der Waals surface area contributed by atoms with Crippen molar-refractivity contribution < 1.29 is 9.53 Å². The van der Waals surface area contributed by atoms with Crippen LogP contribution in [0.3, 0.4) is 0 Å². The van der Waals surface area contributed by atoms with Gasteiger partial charge in [0.15, 0.2) is 0 Å². The van der Waals surface area contributed by atoms with E-state index >= 15 is 0 Å². The minimum atomic E-state index is -0.460. The predicted octanol–water partition coefficient (Wildman–Crippen LogP) is 1.53. The Bertz CT molecular complexity index is 485. The molecule has 18 heavy (non-hydrogen) atoms. The molecule has 0 aromatic heterocycles. The van der Waals surface area contributed by atoms with Crippen LogP contribution < -0.4 is 0 Å². The first-order valence-corrected chi connectivity index (χ1v) is 6.05. The summed E-state index contributed by atoms with van der Waals surface area (Å²) in [5.41, 5.74) is 2.56. The Morgan fingerprint density at radius 2 is 2.17 bits per heavy atom. The number of nitriles is 1. The van der Waals surface area contributed by atoms with Crippen LogP contribution >= 0.6 is 0 Å². The molecule has 0 aliphatic carbocycles. The number of aryl methyl sites for hydroxylation is 1. The van der Waals surface area contributed by atoms with Gasteiger partial charge in [-0.05, 0) is 18.6 Å². The minimum Gasteiger partial charge on any atom is -0.379 e. The zero-order valence-corrected chi connectivity index (χ0v) is 10.5. The van der Waals surface area contributed by atoms with Crippen molar-refractivity contribution in [1.29, 1.82) is 5.26 Å². The van der Waals surface area contributed by atoms with Gasteiger partial charge in [-0.2, -0.15) is 5.26 Å². The van der Waals surface area contributed by atoms with Gasteiger partial charge in [-0.15, -0.1) is 0 Å². The first-order chi connectivity index (χ1) is 8.70. The highest BCUT2D eigenvalue weighted by Gasteiger charge is 2.16. The third kappa shape index (κ3) is 2.95. The lowest BCUT2D eigenvalue weighted by molar-refractivity contribution is 0.0341. The van der Waals surface area contributed by atoms with E-state index in [1.807, 2.05) is 19.1 Å². The number of carbonyl (C=O) groups excluding carboxylic acids is 1. The zero-order chi connectivity index (χ0) is 13.0. The van der Waals surface area contributed by atoms with Crippen molar-refractivity contribution in [2.75, 3.05) is 26.3 Å². The van der Waals surface area contributed by atoms with Crippen LogP contribution in [0.15, 0.2) is 18.2 Å². The summed E-state index contributed by atoms with van der Waals surface area (Å²) in [6, 6.07) is 7.30. The van der Waals surface area contributed by atoms with Gasteiger partial charge < -0.3 is 4.74 Å². The van der Waals surface area contributed by atoms with Crippen LogP contribution in [0, 0.1) is 18.3 Å². The van der Waals surface area contributed by atoms with Crippen molar-refractivity contribution in [3.8, 4) is 6.07 Å². The number of hydrogen-bond donors (Lipinski definition) is 0. The molecule has 1 heterocycles. The zero-order valence-electron chi connectivity index (χ0n) is 10.5. The normalized spacial score (nSPS) is 16.2. The van der Waals surface area contributed by atoms with E-state index in [9.17, 15) is 4.79 Å². The summed E-state index contributed by atoms with van der Waals surface area (Å²) >= 11 is 0. The number of benzene rings is 1. The molecule has 0 N–H and O–H groups in total. The Morgan fingerprint density at radius 1 is 1.44 bits per heavy atom. The number of nitrogens with zero attached hydrogens (tertiary/aromatic N) is 2. The van der Waals surface area contributed by atoms with Crippen LogP contribution in [-0.2, 0) is 11.3 Å². The maximum Gasteiger partial charge on any atom is 0.262 e. The molecule has 0 saturated carbocycles. The van der Waals surface area contributed by atoms with E-state index in [4.69, 9.17) is 10.00 Å². The van der Waals surface area contributed by atoms with Crippen LogP contribution in [0.5, 0.6) is 0 Å². The summed E-state index contributed by atoms with van der Waals surface area (Å²) in [7, 11) is 0. The summed E-state index contributed by atoms with van der Waals surface area (Å²) < 4.78 is 5.30. The summed E-state index contributed by atoms with van der Waals surface area (Å²) in [5, 5.41) is 8.75. The molecule has 0 amide bonds. The molecule has 4 heteroatoms. The van der Waals surface area contributed by atoms with Gasteiger partial charge in [0.2, 0.25) is 0 Å². The molecular formula is C14H16N2O2. The van der Waals surface area contributed by atoms with E-state index in [1.165, 1.54) is 0 Å². The van der Waals surface area contributed by atoms with Crippen LogP contribution in [0.25, 0.3) is 0 Å². The number of morpholine rings is 1. The van der Waals surface area contributed by atoms with Gasteiger partial charge >= 0.3 is 0 Å². The van der Waals surface area contributed by atoms with Crippen molar-refractivity contribution in [3.63, 3.8) is 0 Å². The van der Waals surface area contributed by atoms with E-state index in [0.29, 0.717) is 12.1 Å². The molecule has 0 atom stereocenters. The Labute approximate surface area is 107 Å². The van der Waals surface area contributed by atoms with Crippen molar-refractivity contribution in [2.45, 2.75) is 13.5 Å². The van der Waals surface area contributed by atoms with Crippen molar-refractivity contribution in [3.05, 3.63) is 34.9 Å². The van der Waals surface area contributed by atoms with Crippen LogP contribution in [0.4, 0.5) is 0 Å². The highest BCUT2D eigenvalue weighted by atomic mass is 16.5. The van der Waals surface area contributed by atoms with Gasteiger partial charge in [0.1, 0.15) is 6.07 Å². The lowest BCUT2D eigenvalue weighted by atomic mass is 10.0. The quantitative estimate of drug-likeness (QED) is 0.597. The third-order valence-electron chi connectivity index (χ3n) is 3.10. The summed E-state index contributed by atoms with van der Waals surface area (Å²) in [6.07, 6.45) is 0. The molecule has 1 aliphatic heterocycles. The largest absolute Gasteiger partial charge is 0.379 e. The monoisotopic (exact) mass is 244 g/mol. The SMILES string of the molecule is Cc1ccc(C(=O)C#N)c(CN2CCOCC2)c1. The maximum absolute atomic E-state index is 11.6. The standard InChI is InChI=1S/C14H16N2O2/c1-11-2-3-13(14(17)9-15)12(8-11)10-16-4-6-18-7-5-16/h2-3,8H,4-7,10H2,1H3. The molecule has 0 radical (unpaired) electrons. The van der Waals surface area contributed by atoms with Crippen LogP contribution in [0.2, 0.25) is 0 Å². The van der Waals surface area contributed by atoms with Crippen LogP contribution in [0.1, 0.15) is 21.5 Å². The fourth-order valence-corrected chi connectivity index (χ4v) is 2.14. The number of rotatable bonds is 3. The highest BCUT2D eigenvalue weighted by molar-refractivity contribution is 6.08. The van der Waals surface area contributed by atoms with E-state index in [1.54, 1.807) is 12.1 Å². The van der Waals surface area contributed by atoms with Gasteiger partial charge in [0.25, 0.3) is 5.78 Å². The van der Waals surface area contributed by atoms with E-state index < -0.39 is 5.78 Å². The molecule has 1 aromatic rings. The van der Waals surface area contributed by atoms with E-state index in [2.05, 4.69) is 4.90 Å². The fraction of sp³-hybridized carbons (Fsp3) is 0.429. The number of ether oxygens (including phenoxy) is 1. The second kappa shape index (κ2) is 5.76. The minimum absolute atomic E-state index is 0.460. The average molecular weight is 244 g/mol. The topological polar surface area (TPSA) is 53.3 Å². The highest BCUT2D eigenvalue weighted by Crippen LogP contribution is 2.15. The van der Waals surface area contributed by atoms with Crippen molar-refractivity contribution >= 4 is 5.78 Å². The molecular weight excluding hydrogens is 228 g/mol. The van der Waals surface area contributed by atoms with E-state index in [-0.39, 0.29) is 0 Å². The lowest BCUT2D eigenvalue weighted by Crippen LogP contribution is -2.36. The lowest BCUT2D eigenvalue weighted by Gasteiger charge is -2.27. The molecule has 1 fully saturated rings. The predicted molar refractivity (Wildman–Crippen MR) is 67.2 cm³/mol. The average Bonchev–Trinajstić information content (AvgIpc) is 2.39. The van der Waals surface area contributed by atoms with Gasteiger partial charge in [-0.25, -0.2) is 0 Å². The molecule has 0 bridgehead atoms. The molecule has 1 aliphatic rings. The van der Waals surface area contributed by atoms with E-state index in [0.717, 1.165) is 37.4 Å². The molecule has 0 spiro atoms. The van der Waals surface area contributed by atoms with Gasteiger partial charge in [-0.1, -0.05) is 17.7 Å². The molecule has 1 saturated heterocycles. The molecule has 94 valence electrons. The molecule has 1 aromatic carbocycles. The third-order valence-corrected chi connectivity index (χ3v) is 3.10. The first kappa shape index (κ1) is 12.7.